The van der Waals surface area contributed by atoms with Crippen molar-refractivity contribution in [2.45, 2.75) is 25.8 Å². The Morgan fingerprint density at radius 1 is 1.17 bits per heavy atom. The Bertz CT molecular complexity index is 864. The van der Waals surface area contributed by atoms with Crippen molar-refractivity contribution in [3.8, 4) is 0 Å². The molecule has 1 amide bonds. The number of nitrogens with zero attached hydrogens (tertiary/aromatic N) is 1. The molecule has 1 saturated heterocycles. The minimum Gasteiger partial charge on any atom is -0.356 e. The summed E-state index contributed by atoms with van der Waals surface area (Å²) in [7, 11) is 0. The summed E-state index contributed by atoms with van der Waals surface area (Å²) in [5.74, 6) is 0.155. The van der Waals surface area contributed by atoms with Gasteiger partial charge in [0.05, 0.1) is 5.92 Å². The first-order chi connectivity index (χ1) is 11.2. The molecule has 0 bridgehead atoms. The van der Waals surface area contributed by atoms with Crippen molar-refractivity contribution in [1.29, 1.82) is 0 Å². The van der Waals surface area contributed by atoms with Gasteiger partial charge in [-0.05, 0) is 36.1 Å². The number of amides is 1. The summed E-state index contributed by atoms with van der Waals surface area (Å²) < 4.78 is 2.29. The number of nitrogens with one attached hydrogen (secondary N) is 1. The van der Waals surface area contributed by atoms with Crippen molar-refractivity contribution in [2.75, 3.05) is 6.54 Å². The summed E-state index contributed by atoms with van der Waals surface area (Å²) in [5, 5.41) is 4.20. The Balaban J connectivity index is 1.77. The van der Waals surface area contributed by atoms with Crippen molar-refractivity contribution in [3.05, 3.63) is 71.4 Å². The number of carbonyl (C=O) groups is 1. The van der Waals surface area contributed by atoms with Gasteiger partial charge in [0.25, 0.3) is 0 Å². The molecule has 3 heteroatoms. The molecule has 1 atom stereocenters. The van der Waals surface area contributed by atoms with E-state index >= 15 is 0 Å². The highest BCUT2D eigenvalue weighted by Gasteiger charge is 2.26. The molecule has 1 aliphatic rings. The molecule has 1 aromatic heterocycles. The van der Waals surface area contributed by atoms with Gasteiger partial charge < -0.3 is 9.88 Å². The minimum absolute atomic E-state index is 0.000202. The van der Waals surface area contributed by atoms with Crippen LogP contribution in [0, 0.1) is 6.92 Å². The molecule has 1 fully saturated rings. The Morgan fingerprint density at radius 2 is 2.00 bits per heavy atom. The summed E-state index contributed by atoms with van der Waals surface area (Å²) in [6.07, 6.45) is 3.10. The number of hydrogen-bond acceptors (Lipinski definition) is 1. The maximum Gasteiger partial charge on any atom is 0.227 e. The maximum absolute atomic E-state index is 12.0. The third-order valence-electron chi connectivity index (χ3n) is 4.75. The van der Waals surface area contributed by atoms with Crippen molar-refractivity contribution in [1.82, 2.24) is 9.88 Å². The molecule has 3 aromatic rings. The highest BCUT2D eigenvalue weighted by atomic mass is 16.2. The molecule has 1 N–H and O–H groups in total. The number of aromatic nitrogens is 1. The maximum atomic E-state index is 12.0. The monoisotopic (exact) mass is 304 g/mol. The molecule has 3 nitrogen and oxygen atoms in total. The fourth-order valence-electron chi connectivity index (χ4n) is 3.53. The molecule has 0 aliphatic carbocycles. The Labute approximate surface area is 135 Å². The standard InChI is InChI=1S/C20H20N2O/c1-14-12-22(13-15-5-3-2-4-6-15)19-11-16(7-8-17(14)19)18-9-10-21-20(18)23/h2-8,11-12,18H,9-10,13H2,1H3,(H,21,23). The lowest BCUT2D eigenvalue weighted by molar-refractivity contribution is -0.120. The first-order valence-electron chi connectivity index (χ1n) is 8.13. The van der Waals surface area contributed by atoms with E-state index < -0.39 is 0 Å². The highest BCUT2D eigenvalue weighted by Crippen LogP contribution is 2.29. The van der Waals surface area contributed by atoms with E-state index in [1.807, 2.05) is 6.07 Å². The Hall–Kier alpha value is -2.55. The summed E-state index contributed by atoms with van der Waals surface area (Å²) in [5.41, 5.74) is 4.90. The van der Waals surface area contributed by atoms with Gasteiger partial charge in [-0.2, -0.15) is 0 Å². The first-order valence-corrected chi connectivity index (χ1v) is 8.13. The van der Waals surface area contributed by atoms with Crippen LogP contribution in [0.15, 0.2) is 54.7 Å². The van der Waals surface area contributed by atoms with Crippen LogP contribution >= 0.6 is 0 Å². The van der Waals surface area contributed by atoms with Crippen molar-refractivity contribution in [3.63, 3.8) is 0 Å². The lowest BCUT2D eigenvalue weighted by Gasteiger charge is -2.10. The van der Waals surface area contributed by atoms with Gasteiger partial charge in [0, 0.05) is 30.2 Å². The van der Waals surface area contributed by atoms with E-state index in [-0.39, 0.29) is 11.8 Å². The summed E-state index contributed by atoms with van der Waals surface area (Å²) in [4.78, 5) is 12.0. The van der Waals surface area contributed by atoms with Crippen LogP contribution in [-0.4, -0.2) is 17.0 Å². The topological polar surface area (TPSA) is 34.0 Å². The highest BCUT2D eigenvalue weighted by molar-refractivity contribution is 5.89. The van der Waals surface area contributed by atoms with Gasteiger partial charge in [0.1, 0.15) is 0 Å². The zero-order valence-corrected chi connectivity index (χ0v) is 13.3. The molecule has 1 aliphatic heterocycles. The number of benzene rings is 2. The van der Waals surface area contributed by atoms with Crippen LogP contribution in [0.2, 0.25) is 0 Å². The normalized spacial score (nSPS) is 17.6. The average molecular weight is 304 g/mol. The average Bonchev–Trinajstić information content (AvgIpc) is 3.12. The molecule has 2 heterocycles. The van der Waals surface area contributed by atoms with E-state index in [0.717, 1.165) is 25.1 Å². The summed E-state index contributed by atoms with van der Waals surface area (Å²) in [6.45, 7) is 3.78. The van der Waals surface area contributed by atoms with E-state index in [1.165, 1.54) is 22.0 Å². The van der Waals surface area contributed by atoms with E-state index in [0.29, 0.717) is 0 Å². The quantitative estimate of drug-likeness (QED) is 0.788. The lowest BCUT2D eigenvalue weighted by Crippen LogP contribution is -2.17. The predicted octanol–water partition coefficient (Wildman–Crippen LogP) is 3.60. The molecule has 2 aromatic carbocycles. The molecule has 23 heavy (non-hydrogen) atoms. The summed E-state index contributed by atoms with van der Waals surface area (Å²) in [6, 6.07) is 16.9. The van der Waals surface area contributed by atoms with Crippen molar-refractivity contribution < 1.29 is 4.79 Å². The van der Waals surface area contributed by atoms with Crippen LogP contribution in [0.25, 0.3) is 10.9 Å². The van der Waals surface area contributed by atoms with E-state index in [2.05, 4.69) is 65.5 Å². The number of fused-ring (bicyclic) bond motifs is 1. The molecule has 1 unspecified atom stereocenters. The Morgan fingerprint density at radius 3 is 2.74 bits per heavy atom. The third kappa shape index (κ3) is 2.52. The van der Waals surface area contributed by atoms with Gasteiger partial charge in [0.2, 0.25) is 5.91 Å². The molecule has 0 radical (unpaired) electrons. The minimum atomic E-state index is -0.000202. The number of aryl methyl sites for hydroxylation is 1. The van der Waals surface area contributed by atoms with Gasteiger partial charge in [-0.25, -0.2) is 0 Å². The zero-order valence-electron chi connectivity index (χ0n) is 13.3. The van der Waals surface area contributed by atoms with Crippen LogP contribution in [0.4, 0.5) is 0 Å². The molecule has 0 spiro atoms. The Kier molecular flexibility index (Phi) is 3.41. The van der Waals surface area contributed by atoms with Gasteiger partial charge in [0.15, 0.2) is 0 Å². The first kappa shape index (κ1) is 14.1. The second-order valence-corrected chi connectivity index (χ2v) is 6.33. The fourth-order valence-corrected chi connectivity index (χ4v) is 3.53. The molecule has 0 saturated carbocycles. The number of carbonyl (C=O) groups excluding carboxylic acids is 1. The van der Waals surface area contributed by atoms with Gasteiger partial charge >= 0.3 is 0 Å². The lowest BCUT2D eigenvalue weighted by atomic mass is 9.96. The van der Waals surface area contributed by atoms with Gasteiger partial charge in [-0.15, -0.1) is 0 Å². The predicted molar refractivity (Wildman–Crippen MR) is 92.6 cm³/mol. The molecular formula is C20H20N2O. The number of hydrogen-bond donors (Lipinski definition) is 1. The second-order valence-electron chi connectivity index (χ2n) is 6.33. The van der Waals surface area contributed by atoms with Crippen LogP contribution in [0.3, 0.4) is 0 Å². The fraction of sp³-hybridized carbons (Fsp3) is 0.250. The molecular weight excluding hydrogens is 284 g/mol. The third-order valence-corrected chi connectivity index (χ3v) is 4.75. The second kappa shape index (κ2) is 5.58. The van der Waals surface area contributed by atoms with Gasteiger partial charge in [-0.3, -0.25) is 4.79 Å². The van der Waals surface area contributed by atoms with Gasteiger partial charge in [-0.1, -0.05) is 42.5 Å². The van der Waals surface area contributed by atoms with Crippen LogP contribution < -0.4 is 5.32 Å². The SMILES string of the molecule is Cc1cn(Cc2ccccc2)c2cc(C3CCNC3=O)ccc12. The van der Waals surface area contributed by atoms with Crippen molar-refractivity contribution >= 4 is 16.8 Å². The van der Waals surface area contributed by atoms with Crippen LogP contribution in [0.5, 0.6) is 0 Å². The molecule has 116 valence electrons. The van der Waals surface area contributed by atoms with E-state index in [9.17, 15) is 4.79 Å². The van der Waals surface area contributed by atoms with E-state index in [1.54, 1.807) is 0 Å². The van der Waals surface area contributed by atoms with E-state index in [4.69, 9.17) is 0 Å². The van der Waals surface area contributed by atoms with Crippen LogP contribution in [-0.2, 0) is 11.3 Å². The van der Waals surface area contributed by atoms with Crippen LogP contribution in [0.1, 0.15) is 29.0 Å². The molecule has 4 rings (SSSR count). The number of rotatable bonds is 3. The zero-order chi connectivity index (χ0) is 15.8. The smallest absolute Gasteiger partial charge is 0.227 e. The van der Waals surface area contributed by atoms with Crippen molar-refractivity contribution in [2.24, 2.45) is 0 Å². The summed E-state index contributed by atoms with van der Waals surface area (Å²) >= 11 is 0. The largest absolute Gasteiger partial charge is 0.356 e.